The first-order valence-electron chi connectivity index (χ1n) is 6.21. The molecule has 0 radical (unpaired) electrons. The molecule has 0 aliphatic carbocycles. The van der Waals surface area contributed by atoms with E-state index in [4.69, 9.17) is 10.5 Å². The lowest BCUT2D eigenvalue weighted by Gasteiger charge is -2.23. The molecule has 2 aromatic rings. The molecular weight excluding hydrogens is 224 g/mol. The number of hydrogen-bond acceptors (Lipinski definition) is 3. The molecule has 18 heavy (non-hydrogen) atoms. The van der Waals surface area contributed by atoms with E-state index in [1.165, 1.54) is 5.56 Å². The van der Waals surface area contributed by atoms with Gasteiger partial charge in [0.1, 0.15) is 0 Å². The van der Waals surface area contributed by atoms with Gasteiger partial charge in [0.2, 0.25) is 0 Å². The van der Waals surface area contributed by atoms with Crippen LogP contribution in [0.15, 0.2) is 30.3 Å². The topological polar surface area (TPSA) is 48.1 Å². The van der Waals surface area contributed by atoms with Crippen LogP contribution in [0.1, 0.15) is 25.1 Å². The molecule has 3 heteroatoms. The average molecular weight is 244 g/mol. The summed E-state index contributed by atoms with van der Waals surface area (Å²) in [5.41, 5.74) is 8.58. The molecule has 0 bridgehead atoms. The number of benzene rings is 1. The summed E-state index contributed by atoms with van der Waals surface area (Å²) >= 11 is 0. The summed E-state index contributed by atoms with van der Waals surface area (Å²) in [6.45, 7) is 7.08. The lowest BCUT2D eigenvalue weighted by Crippen LogP contribution is -2.33. The van der Waals surface area contributed by atoms with Crippen molar-refractivity contribution in [3.05, 3.63) is 41.6 Å². The Hall–Kier alpha value is -1.45. The Bertz CT molecular complexity index is 549. The quantitative estimate of drug-likeness (QED) is 0.899. The molecule has 1 aromatic heterocycles. The maximum atomic E-state index is 5.88. The van der Waals surface area contributed by atoms with Gasteiger partial charge >= 0.3 is 0 Å². The number of hydrogen-bond donors (Lipinski definition) is 1. The number of rotatable bonds is 4. The number of pyridine rings is 1. The standard InChI is InChI=1S/C15H20N2O/c1-11-8-12(9-18-15(2,3)10-16)13-6-4-5-7-14(13)17-11/h4-8H,9-10,16H2,1-3H3. The normalized spacial score (nSPS) is 12.0. The van der Waals surface area contributed by atoms with E-state index in [0.717, 1.165) is 16.6 Å². The van der Waals surface area contributed by atoms with Crippen molar-refractivity contribution >= 4 is 10.9 Å². The molecule has 0 aliphatic heterocycles. The minimum atomic E-state index is -0.293. The molecule has 1 heterocycles. The fraction of sp³-hybridized carbons (Fsp3) is 0.400. The van der Waals surface area contributed by atoms with Gasteiger partial charge in [-0.1, -0.05) is 18.2 Å². The molecule has 96 valence electrons. The summed E-state index contributed by atoms with van der Waals surface area (Å²) in [6, 6.07) is 10.2. The van der Waals surface area contributed by atoms with Crippen molar-refractivity contribution in [2.24, 2.45) is 5.73 Å². The van der Waals surface area contributed by atoms with Crippen molar-refractivity contribution in [1.29, 1.82) is 0 Å². The Labute approximate surface area is 108 Å². The van der Waals surface area contributed by atoms with Gasteiger partial charge in [0.25, 0.3) is 0 Å². The van der Waals surface area contributed by atoms with Gasteiger partial charge in [-0.05, 0) is 38.5 Å². The number of fused-ring (bicyclic) bond motifs is 1. The van der Waals surface area contributed by atoms with E-state index in [1.54, 1.807) is 0 Å². The van der Waals surface area contributed by atoms with Gasteiger partial charge in [-0.25, -0.2) is 0 Å². The number of nitrogens with zero attached hydrogens (tertiary/aromatic N) is 1. The first kappa shape index (κ1) is 13.0. The fourth-order valence-corrected chi connectivity index (χ4v) is 1.85. The summed E-state index contributed by atoms with van der Waals surface area (Å²) in [5, 5.41) is 1.15. The third-order valence-corrected chi connectivity index (χ3v) is 3.04. The van der Waals surface area contributed by atoms with Crippen molar-refractivity contribution < 1.29 is 4.74 Å². The van der Waals surface area contributed by atoms with Crippen molar-refractivity contribution in [1.82, 2.24) is 4.98 Å². The number of aryl methyl sites for hydroxylation is 1. The van der Waals surface area contributed by atoms with Crippen LogP contribution in [0.3, 0.4) is 0 Å². The molecule has 1 aromatic carbocycles. The van der Waals surface area contributed by atoms with E-state index in [-0.39, 0.29) is 5.60 Å². The maximum Gasteiger partial charge on any atom is 0.0752 e. The van der Waals surface area contributed by atoms with Crippen LogP contribution in [-0.4, -0.2) is 17.1 Å². The second-order valence-corrected chi connectivity index (χ2v) is 5.19. The van der Waals surface area contributed by atoms with Gasteiger partial charge in [0, 0.05) is 17.6 Å². The highest BCUT2D eigenvalue weighted by Crippen LogP contribution is 2.21. The number of aromatic nitrogens is 1. The minimum Gasteiger partial charge on any atom is -0.370 e. The van der Waals surface area contributed by atoms with Crippen LogP contribution < -0.4 is 5.73 Å². The van der Waals surface area contributed by atoms with E-state index >= 15 is 0 Å². The number of nitrogens with two attached hydrogens (primary N) is 1. The van der Waals surface area contributed by atoms with Gasteiger partial charge in [0.05, 0.1) is 17.7 Å². The predicted octanol–water partition coefficient (Wildman–Crippen LogP) is 2.80. The maximum absolute atomic E-state index is 5.88. The van der Waals surface area contributed by atoms with Crippen LogP contribution in [-0.2, 0) is 11.3 Å². The molecule has 0 aliphatic rings. The lowest BCUT2D eigenvalue weighted by atomic mass is 10.1. The highest BCUT2D eigenvalue weighted by atomic mass is 16.5. The second kappa shape index (κ2) is 5.04. The smallest absolute Gasteiger partial charge is 0.0752 e. The zero-order valence-corrected chi connectivity index (χ0v) is 11.2. The third kappa shape index (κ3) is 2.86. The van der Waals surface area contributed by atoms with Crippen LogP contribution in [0.25, 0.3) is 10.9 Å². The molecule has 0 saturated heterocycles. The van der Waals surface area contributed by atoms with E-state index in [9.17, 15) is 0 Å². The SMILES string of the molecule is Cc1cc(COC(C)(C)CN)c2ccccc2n1. The van der Waals surface area contributed by atoms with Crippen molar-refractivity contribution in [3.63, 3.8) is 0 Å². The Balaban J connectivity index is 2.33. The predicted molar refractivity (Wildman–Crippen MR) is 74.4 cm³/mol. The summed E-state index contributed by atoms with van der Waals surface area (Å²) in [6.07, 6.45) is 0. The van der Waals surface area contributed by atoms with Gasteiger partial charge in [0.15, 0.2) is 0 Å². The Morgan fingerprint density at radius 2 is 2.00 bits per heavy atom. The molecule has 0 spiro atoms. The van der Waals surface area contributed by atoms with Crippen LogP contribution in [0.5, 0.6) is 0 Å². The van der Waals surface area contributed by atoms with Crippen LogP contribution >= 0.6 is 0 Å². The summed E-state index contributed by atoms with van der Waals surface area (Å²) < 4.78 is 5.88. The van der Waals surface area contributed by atoms with Gasteiger partial charge in [-0.3, -0.25) is 4.98 Å². The van der Waals surface area contributed by atoms with Crippen LogP contribution in [0.4, 0.5) is 0 Å². The van der Waals surface area contributed by atoms with E-state index in [2.05, 4.69) is 17.1 Å². The third-order valence-electron chi connectivity index (χ3n) is 3.04. The summed E-state index contributed by atoms with van der Waals surface area (Å²) in [4.78, 5) is 4.52. The zero-order chi connectivity index (χ0) is 13.2. The second-order valence-electron chi connectivity index (χ2n) is 5.19. The number of ether oxygens (including phenoxy) is 1. The monoisotopic (exact) mass is 244 g/mol. The minimum absolute atomic E-state index is 0.293. The lowest BCUT2D eigenvalue weighted by molar-refractivity contribution is -0.0217. The number of para-hydroxylation sites is 1. The zero-order valence-electron chi connectivity index (χ0n) is 11.2. The van der Waals surface area contributed by atoms with Crippen molar-refractivity contribution in [2.45, 2.75) is 33.0 Å². The molecule has 0 saturated carbocycles. The Morgan fingerprint density at radius 1 is 1.28 bits per heavy atom. The molecule has 0 unspecified atom stereocenters. The van der Waals surface area contributed by atoms with Crippen LogP contribution in [0.2, 0.25) is 0 Å². The average Bonchev–Trinajstić information content (AvgIpc) is 2.36. The first-order valence-corrected chi connectivity index (χ1v) is 6.21. The first-order chi connectivity index (χ1) is 8.52. The highest BCUT2D eigenvalue weighted by molar-refractivity contribution is 5.82. The molecule has 2 N–H and O–H groups in total. The Morgan fingerprint density at radius 3 is 2.72 bits per heavy atom. The van der Waals surface area contributed by atoms with Gasteiger partial charge in [-0.2, -0.15) is 0 Å². The van der Waals surface area contributed by atoms with E-state index < -0.39 is 0 Å². The van der Waals surface area contributed by atoms with Crippen LogP contribution in [0, 0.1) is 6.92 Å². The van der Waals surface area contributed by atoms with Gasteiger partial charge in [-0.15, -0.1) is 0 Å². The molecule has 0 fully saturated rings. The van der Waals surface area contributed by atoms with Crippen molar-refractivity contribution in [2.75, 3.05) is 6.54 Å². The molecule has 2 rings (SSSR count). The summed E-state index contributed by atoms with van der Waals surface area (Å²) in [7, 11) is 0. The van der Waals surface area contributed by atoms with E-state index in [1.807, 2.05) is 39.0 Å². The van der Waals surface area contributed by atoms with Gasteiger partial charge < -0.3 is 10.5 Å². The highest BCUT2D eigenvalue weighted by Gasteiger charge is 2.16. The molecule has 3 nitrogen and oxygen atoms in total. The molecule has 0 amide bonds. The van der Waals surface area contributed by atoms with Crippen molar-refractivity contribution in [3.8, 4) is 0 Å². The molecular formula is C15H20N2O. The van der Waals surface area contributed by atoms with E-state index in [0.29, 0.717) is 13.2 Å². The Kier molecular flexibility index (Phi) is 3.64. The fourth-order valence-electron chi connectivity index (χ4n) is 1.85. The molecule has 0 atom stereocenters. The largest absolute Gasteiger partial charge is 0.370 e. The summed E-state index contributed by atoms with van der Waals surface area (Å²) in [5.74, 6) is 0.